The van der Waals surface area contributed by atoms with E-state index >= 15 is 0 Å². The first-order chi connectivity index (χ1) is 10.9. The Hall–Kier alpha value is -1.37. The summed E-state index contributed by atoms with van der Waals surface area (Å²) in [5, 5.41) is 9.45. The van der Waals surface area contributed by atoms with Crippen molar-refractivity contribution in [3.8, 4) is 0 Å². The summed E-state index contributed by atoms with van der Waals surface area (Å²) in [5.41, 5.74) is 1.61. The Labute approximate surface area is 145 Å². The number of nitrogens with zero attached hydrogens (tertiary/aromatic N) is 1. The van der Waals surface area contributed by atoms with Gasteiger partial charge in [0.1, 0.15) is 0 Å². The number of hydrogen-bond donors (Lipinski definition) is 1. The number of likely N-dealkylation sites (N-methyl/N-ethyl adjacent to an activating group) is 1. The third-order valence-electron chi connectivity index (χ3n) is 4.89. The van der Waals surface area contributed by atoms with Crippen LogP contribution in [0.5, 0.6) is 0 Å². The molecule has 0 saturated carbocycles. The maximum atomic E-state index is 12.5. The average molecular weight is 333 g/mol. The fourth-order valence-corrected chi connectivity index (χ4v) is 2.74. The zero-order valence-corrected chi connectivity index (χ0v) is 15.7. The number of carbonyl (C=O) groups excluding carboxylic acids is 1. The highest BCUT2D eigenvalue weighted by Crippen LogP contribution is 2.36. The van der Waals surface area contributed by atoms with Crippen LogP contribution >= 0.6 is 0 Å². The molecule has 1 atom stereocenters. The Balaban J connectivity index is 2.21. The predicted octanol–water partition coefficient (Wildman–Crippen LogP) is 1.75. The average Bonchev–Trinajstić information content (AvgIpc) is 2.66. The van der Waals surface area contributed by atoms with E-state index < -0.39 is 24.4 Å². The van der Waals surface area contributed by atoms with Crippen LogP contribution in [0, 0.1) is 6.92 Å². The number of rotatable bonds is 4. The molecule has 1 saturated heterocycles. The quantitative estimate of drug-likeness (QED) is 0.853. The van der Waals surface area contributed by atoms with Crippen molar-refractivity contribution in [1.29, 1.82) is 0 Å². The third-order valence-corrected chi connectivity index (χ3v) is 4.89. The maximum Gasteiger partial charge on any atom is 0.494 e. The zero-order valence-electron chi connectivity index (χ0n) is 15.7. The lowest BCUT2D eigenvalue weighted by Crippen LogP contribution is -2.41. The number of aliphatic hydroxyl groups is 1. The van der Waals surface area contributed by atoms with Gasteiger partial charge in [0.05, 0.1) is 17.3 Å². The fraction of sp³-hybridized carbons (Fsp3) is 0.611. The van der Waals surface area contributed by atoms with E-state index in [9.17, 15) is 9.90 Å². The molecule has 1 N–H and O–H groups in total. The Morgan fingerprint density at radius 3 is 2.25 bits per heavy atom. The van der Waals surface area contributed by atoms with Gasteiger partial charge in [-0.3, -0.25) is 4.79 Å². The standard InChI is InChI=1S/C18H28BNO4/c1-12-10-14(19-23-17(3,4)18(5,6)24-19)8-9-15(12)16(22)20(7)11-13(2)21/h8-10,13,21H,11H2,1-7H3/t13-/m0/s1. The Morgan fingerprint density at radius 2 is 1.79 bits per heavy atom. The highest BCUT2D eigenvalue weighted by molar-refractivity contribution is 6.62. The van der Waals surface area contributed by atoms with Gasteiger partial charge >= 0.3 is 7.12 Å². The summed E-state index contributed by atoms with van der Waals surface area (Å²) in [6.07, 6.45) is -0.553. The minimum Gasteiger partial charge on any atom is -0.399 e. The SMILES string of the molecule is Cc1cc(B2OC(C)(C)C(C)(C)O2)ccc1C(=O)N(C)C[C@H](C)O. The van der Waals surface area contributed by atoms with Crippen molar-refractivity contribution in [3.63, 3.8) is 0 Å². The van der Waals surface area contributed by atoms with Crippen LogP contribution in [0.2, 0.25) is 0 Å². The van der Waals surface area contributed by atoms with E-state index in [2.05, 4.69) is 0 Å². The largest absolute Gasteiger partial charge is 0.494 e. The molecule has 1 fully saturated rings. The van der Waals surface area contributed by atoms with Gasteiger partial charge in [0.15, 0.2) is 0 Å². The molecule has 0 spiro atoms. The van der Waals surface area contributed by atoms with Gasteiger partial charge in [0.25, 0.3) is 5.91 Å². The first kappa shape index (κ1) is 19.0. The van der Waals surface area contributed by atoms with Crippen molar-refractivity contribution in [2.24, 2.45) is 0 Å². The van der Waals surface area contributed by atoms with Gasteiger partial charge in [-0.25, -0.2) is 0 Å². The minimum atomic E-state index is -0.553. The summed E-state index contributed by atoms with van der Waals surface area (Å²) in [5.74, 6) is -0.103. The van der Waals surface area contributed by atoms with E-state index in [1.165, 1.54) is 4.90 Å². The lowest BCUT2D eigenvalue weighted by atomic mass is 9.78. The molecular formula is C18H28BNO4. The molecule has 0 aromatic heterocycles. The molecule has 0 bridgehead atoms. The van der Waals surface area contributed by atoms with Gasteiger partial charge < -0.3 is 19.3 Å². The van der Waals surface area contributed by atoms with Crippen LogP contribution in [0.1, 0.15) is 50.5 Å². The number of aryl methyl sites for hydroxylation is 1. The van der Waals surface area contributed by atoms with Crippen molar-refractivity contribution in [1.82, 2.24) is 4.90 Å². The second-order valence-corrected chi connectivity index (χ2v) is 7.70. The Bertz CT molecular complexity index is 611. The van der Waals surface area contributed by atoms with Crippen LogP contribution in [0.25, 0.3) is 0 Å². The van der Waals surface area contributed by atoms with E-state index in [4.69, 9.17) is 9.31 Å². The van der Waals surface area contributed by atoms with Crippen LogP contribution in [-0.2, 0) is 9.31 Å². The van der Waals surface area contributed by atoms with Crippen molar-refractivity contribution in [2.45, 2.75) is 58.8 Å². The van der Waals surface area contributed by atoms with Crippen LogP contribution in [0.3, 0.4) is 0 Å². The summed E-state index contributed by atoms with van der Waals surface area (Å²) in [6, 6.07) is 5.61. The molecule has 132 valence electrons. The Kier molecular flexibility index (Phi) is 5.14. The number of carbonyl (C=O) groups is 1. The Morgan fingerprint density at radius 1 is 1.25 bits per heavy atom. The number of hydrogen-bond acceptors (Lipinski definition) is 4. The monoisotopic (exact) mass is 333 g/mol. The molecule has 1 aliphatic heterocycles. The van der Waals surface area contributed by atoms with E-state index in [1.54, 1.807) is 20.0 Å². The summed E-state index contributed by atoms with van der Waals surface area (Å²) in [7, 11) is 1.25. The molecule has 6 heteroatoms. The van der Waals surface area contributed by atoms with Crippen LogP contribution < -0.4 is 5.46 Å². The van der Waals surface area contributed by atoms with Gasteiger partial charge in [-0.05, 0) is 58.6 Å². The minimum absolute atomic E-state index is 0.103. The summed E-state index contributed by atoms with van der Waals surface area (Å²) in [4.78, 5) is 14.0. The predicted molar refractivity (Wildman–Crippen MR) is 95.5 cm³/mol. The van der Waals surface area contributed by atoms with Crippen LogP contribution in [-0.4, -0.2) is 53.9 Å². The van der Waals surface area contributed by atoms with E-state index in [1.807, 2.05) is 46.8 Å². The zero-order chi connectivity index (χ0) is 18.3. The number of benzene rings is 1. The van der Waals surface area contributed by atoms with Crippen molar-refractivity contribution in [3.05, 3.63) is 29.3 Å². The van der Waals surface area contributed by atoms with Crippen molar-refractivity contribution in [2.75, 3.05) is 13.6 Å². The topological polar surface area (TPSA) is 59.0 Å². The molecule has 5 nitrogen and oxygen atoms in total. The lowest BCUT2D eigenvalue weighted by molar-refractivity contribution is 0.00578. The molecule has 0 aliphatic carbocycles. The number of amides is 1. The fourth-order valence-electron chi connectivity index (χ4n) is 2.74. The highest BCUT2D eigenvalue weighted by atomic mass is 16.7. The molecule has 1 aliphatic rings. The van der Waals surface area contributed by atoms with Gasteiger partial charge in [0.2, 0.25) is 0 Å². The summed E-state index contributed by atoms with van der Waals surface area (Å²) >= 11 is 0. The maximum absolute atomic E-state index is 12.5. The lowest BCUT2D eigenvalue weighted by Gasteiger charge is -2.32. The first-order valence-electron chi connectivity index (χ1n) is 8.34. The molecule has 1 aromatic rings. The first-order valence-corrected chi connectivity index (χ1v) is 8.34. The van der Waals surface area contributed by atoms with Gasteiger partial charge in [0, 0.05) is 19.2 Å². The smallest absolute Gasteiger partial charge is 0.399 e. The number of aliphatic hydroxyl groups excluding tert-OH is 1. The molecule has 2 rings (SSSR count). The van der Waals surface area contributed by atoms with Crippen LogP contribution in [0.15, 0.2) is 18.2 Å². The molecule has 24 heavy (non-hydrogen) atoms. The van der Waals surface area contributed by atoms with Crippen LogP contribution in [0.4, 0.5) is 0 Å². The second kappa shape index (κ2) is 6.50. The highest BCUT2D eigenvalue weighted by Gasteiger charge is 2.51. The second-order valence-electron chi connectivity index (χ2n) is 7.70. The summed E-state index contributed by atoms with van der Waals surface area (Å²) in [6.45, 7) is 11.9. The molecule has 0 radical (unpaired) electrons. The van der Waals surface area contributed by atoms with Gasteiger partial charge in [-0.1, -0.05) is 12.1 Å². The van der Waals surface area contributed by atoms with Gasteiger partial charge in [-0.2, -0.15) is 0 Å². The molecule has 1 amide bonds. The van der Waals surface area contributed by atoms with Gasteiger partial charge in [-0.15, -0.1) is 0 Å². The molecule has 1 heterocycles. The molecular weight excluding hydrogens is 305 g/mol. The van der Waals surface area contributed by atoms with Crippen molar-refractivity contribution >= 4 is 18.5 Å². The third kappa shape index (κ3) is 3.66. The van der Waals surface area contributed by atoms with E-state index in [0.717, 1.165) is 11.0 Å². The molecule has 1 aromatic carbocycles. The normalized spacial score (nSPS) is 20.1. The summed E-state index contributed by atoms with van der Waals surface area (Å²) < 4.78 is 12.1. The molecule has 0 unspecified atom stereocenters. The van der Waals surface area contributed by atoms with Crippen molar-refractivity contribution < 1.29 is 19.2 Å². The van der Waals surface area contributed by atoms with E-state index in [0.29, 0.717) is 12.1 Å². The van der Waals surface area contributed by atoms with E-state index in [-0.39, 0.29) is 5.91 Å².